The first-order valence-corrected chi connectivity index (χ1v) is 8.07. The van der Waals surface area contributed by atoms with Gasteiger partial charge in [-0.25, -0.2) is 0 Å². The summed E-state index contributed by atoms with van der Waals surface area (Å²) in [5, 5.41) is 14.6. The second kappa shape index (κ2) is 6.72. The minimum Gasteiger partial charge on any atom is -0.396 e. The summed E-state index contributed by atoms with van der Waals surface area (Å²) in [7, 11) is 1.84. The number of aliphatic hydroxyl groups excluding tert-OH is 1. The number of aliphatic hydroxyl groups is 1. The van der Waals surface area contributed by atoms with Gasteiger partial charge in [0.05, 0.1) is 12.1 Å². The maximum Gasteiger partial charge on any atom is 0.228 e. The smallest absolute Gasteiger partial charge is 0.228 e. The third kappa shape index (κ3) is 3.57. The molecule has 0 spiro atoms. The largest absolute Gasteiger partial charge is 0.396 e. The topological polar surface area (TPSA) is 58.4 Å². The van der Waals surface area contributed by atoms with Gasteiger partial charge in [0.25, 0.3) is 0 Å². The minimum atomic E-state index is 0.0543. The molecule has 0 saturated carbocycles. The molecule has 1 aromatic carbocycles. The van der Waals surface area contributed by atoms with Crippen LogP contribution in [0.15, 0.2) is 36.5 Å². The van der Waals surface area contributed by atoms with Crippen molar-refractivity contribution in [2.45, 2.75) is 12.3 Å². The van der Waals surface area contributed by atoms with Gasteiger partial charge in [0, 0.05) is 49.8 Å². The molecule has 6 heteroatoms. The molecule has 23 heavy (non-hydrogen) atoms. The Balaban J connectivity index is 1.70. The Morgan fingerprint density at radius 3 is 2.65 bits per heavy atom. The quantitative estimate of drug-likeness (QED) is 0.929. The van der Waals surface area contributed by atoms with Crippen LogP contribution >= 0.6 is 11.6 Å². The Morgan fingerprint density at radius 2 is 2.04 bits per heavy atom. The van der Waals surface area contributed by atoms with Gasteiger partial charge < -0.3 is 10.0 Å². The second-order valence-electron chi connectivity index (χ2n) is 6.06. The molecule has 1 saturated heterocycles. The van der Waals surface area contributed by atoms with Crippen LogP contribution in [0.3, 0.4) is 0 Å². The first-order valence-electron chi connectivity index (χ1n) is 7.69. The number of likely N-dealkylation sites (tertiary alicyclic amines) is 1. The van der Waals surface area contributed by atoms with Gasteiger partial charge in [-0.05, 0) is 23.8 Å². The highest BCUT2D eigenvalue weighted by Crippen LogP contribution is 2.33. The van der Waals surface area contributed by atoms with Crippen LogP contribution in [0.2, 0.25) is 5.02 Å². The van der Waals surface area contributed by atoms with Crippen molar-refractivity contribution in [1.82, 2.24) is 14.7 Å². The molecule has 0 radical (unpaired) electrons. The number of hydrogen-bond donors (Lipinski definition) is 1. The molecule has 0 aliphatic carbocycles. The van der Waals surface area contributed by atoms with E-state index in [4.69, 9.17) is 11.6 Å². The average molecular weight is 334 g/mol. The zero-order chi connectivity index (χ0) is 16.4. The average Bonchev–Trinajstić information content (AvgIpc) is 3.14. The van der Waals surface area contributed by atoms with Crippen LogP contribution in [0.5, 0.6) is 0 Å². The summed E-state index contributed by atoms with van der Waals surface area (Å²) in [5.74, 6) is 0.257. The lowest BCUT2D eigenvalue weighted by Gasteiger charge is -2.16. The van der Waals surface area contributed by atoms with Crippen LogP contribution in [-0.4, -0.2) is 45.4 Å². The number of hydrogen-bond acceptors (Lipinski definition) is 3. The van der Waals surface area contributed by atoms with Crippen LogP contribution in [0.4, 0.5) is 0 Å². The van der Waals surface area contributed by atoms with E-state index >= 15 is 0 Å². The third-order valence-corrected chi connectivity index (χ3v) is 4.68. The van der Waals surface area contributed by atoms with Gasteiger partial charge in [-0.1, -0.05) is 23.7 Å². The molecule has 0 bridgehead atoms. The molecular formula is C17H20ClN3O2. The third-order valence-electron chi connectivity index (χ3n) is 4.43. The van der Waals surface area contributed by atoms with Gasteiger partial charge >= 0.3 is 0 Å². The Bertz CT molecular complexity index is 683. The van der Waals surface area contributed by atoms with E-state index in [0.29, 0.717) is 24.5 Å². The van der Waals surface area contributed by atoms with Crippen molar-refractivity contribution >= 4 is 17.5 Å². The Kier molecular flexibility index (Phi) is 4.68. The highest BCUT2D eigenvalue weighted by molar-refractivity contribution is 6.30. The molecule has 2 atom stereocenters. The number of carbonyl (C=O) groups is 1. The van der Waals surface area contributed by atoms with Crippen molar-refractivity contribution in [2.24, 2.45) is 13.0 Å². The van der Waals surface area contributed by atoms with Gasteiger partial charge in [-0.3, -0.25) is 9.48 Å². The standard InChI is InChI=1S/C17H20ClN3O2/c1-20-7-6-15(19-20)8-17(23)21-9-13(11-22)16(10-21)12-2-4-14(18)5-3-12/h2-7,13,16,22H,8-11H2,1H3/t13-,16-/m0/s1. The number of benzene rings is 1. The number of halogens is 1. The van der Waals surface area contributed by atoms with E-state index in [1.807, 2.05) is 48.5 Å². The van der Waals surface area contributed by atoms with E-state index in [9.17, 15) is 9.90 Å². The van der Waals surface area contributed by atoms with Gasteiger partial charge in [0.2, 0.25) is 5.91 Å². The zero-order valence-corrected chi connectivity index (χ0v) is 13.8. The number of rotatable bonds is 4. The molecule has 1 N–H and O–H groups in total. The Hall–Kier alpha value is -1.85. The number of carbonyl (C=O) groups excluding carboxylic acids is 1. The normalized spacial score (nSPS) is 20.9. The summed E-state index contributed by atoms with van der Waals surface area (Å²) < 4.78 is 1.69. The van der Waals surface area contributed by atoms with Gasteiger partial charge in [-0.15, -0.1) is 0 Å². The molecule has 1 aliphatic heterocycles. The molecule has 2 heterocycles. The fraction of sp³-hybridized carbons (Fsp3) is 0.412. The van der Waals surface area contributed by atoms with E-state index in [2.05, 4.69) is 5.10 Å². The van der Waals surface area contributed by atoms with Crippen molar-refractivity contribution < 1.29 is 9.90 Å². The first-order chi connectivity index (χ1) is 11.1. The van der Waals surface area contributed by atoms with E-state index in [1.54, 1.807) is 4.68 Å². The van der Waals surface area contributed by atoms with Gasteiger partial charge in [0.15, 0.2) is 0 Å². The van der Waals surface area contributed by atoms with Crippen LogP contribution in [0.25, 0.3) is 0 Å². The van der Waals surface area contributed by atoms with E-state index in [1.165, 1.54) is 0 Å². The molecule has 1 aromatic heterocycles. The highest BCUT2D eigenvalue weighted by atomic mass is 35.5. The van der Waals surface area contributed by atoms with Crippen molar-refractivity contribution in [3.63, 3.8) is 0 Å². The summed E-state index contributed by atoms with van der Waals surface area (Å²) in [4.78, 5) is 14.3. The minimum absolute atomic E-state index is 0.0543. The van der Waals surface area contributed by atoms with Crippen molar-refractivity contribution in [2.75, 3.05) is 19.7 Å². The number of aryl methyl sites for hydroxylation is 1. The Morgan fingerprint density at radius 1 is 1.30 bits per heavy atom. The fourth-order valence-corrected chi connectivity index (χ4v) is 3.30. The van der Waals surface area contributed by atoms with E-state index in [0.717, 1.165) is 11.3 Å². The monoisotopic (exact) mass is 333 g/mol. The van der Waals surface area contributed by atoms with Crippen LogP contribution in [0, 0.1) is 5.92 Å². The summed E-state index contributed by atoms with van der Waals surface area (Å²) >= 11 is 5.94. The maximum absolute atomic E-state index is 12.5. The summed E-state index contributed by atoms with van der Waals surface area (Å²) in [6, 6.07) is 9.51. The van der Waals surface area contributed by atoms with Gasteiger partial charge in [0.1, 0.15) is 0 Å². The second-order valence-corrected chi connectivity index (χ2v) is 6.49. The van der Waals surface area contributed by atoms with Crippen molar-refractivity contribution in [3.05, 3.63) is 52.8 Å². The molecule has 0 unspecified atom stereocenters. The molecule has 5 nitrogen and oxygen atoms in total. The van der Waals surface area contributed by atoms with Crippen molar-refractivity contribution in [1.29, 1.82) is 0 Å². The molecular weight excluding hydrogens is 314 g/mol. The molecule has 3 rings (SSSR count). The predicted octanol–water partition coefficient (Wildman–Crippen LogP) is 1.85. The van der Waals surface area contributed by atoms with E-state index in [-0.39, 0.29) is 24.3 Å². The zero-order valence-electron chi connectivity index (χ0n) is 13.0. The first kappa shape index (κ1) is 16.0. The number of aromatic nitrogens is 2. The maximum atomic E-state index is 12.5. The molecule has 1 aliphatic rings. The van der Waals surface area contributed by atoms with Crippen LogP contribution < -0.4 is 0 Å². The highest BCUT2D eigenvalue weighted by Gasteiger charge is 2.35. The summed E-state index contributed by atoms with van der Waals surface area (Å²) in [6.45, 7) is 1.27. The number of amides is 1. The van der Waals surface area contributed by atoms with Crippen LogP contribution in [0.1, 0.15) is 17.2 Å². The molecule has 1 fully saturated rings. The lowest BCUT2D eigenvalue weighted by molar-refractivity contribution is -0.129. The lowest BCUT2D eigenvalue weighted by atomic mass is 9.90. The fourth-order valence-electron chi connectivity index (χ4n) is 3.17. The molecule has 1 amide bonds. The number of nitrogens with zero attached hydrogens (tertiary/aromatic N) is 3. The summed E-state index contributed by atoms with van der Waals surface area (Å²) in [6.07, 6.45) is 2.13. The Labute approximate surface area is 140 Å². The van der Waals surface area contributed by atoms with Crippen LogP contribution in [-0.2, 0) is 18.3 Å². The van der Waals surface area contributed by atoms with Crippen molar-refractivity contribution in [3.8, 4) is 0 Å². The predicted molar refractivity (Wildman–Crippen MR) is 88.3 cm³/mol. The molecule has 122 valence electrons. The SMILES string of the molecule is Cn1ccc(CC(=O)N2C[C@@H](CO)[C@H](c3ccc(Cl)cc3)C2)n1. The summed E-state index contributed by atoms with van der Waals surface area (Å²) in [5.41, 5.74) is 1.88. The molecule has 2 aromatic rings. The van der Waals surface area contributed by atoms with Gasteiger partial charge in [-0.2, -0.15) is 5.10 Å². The van der Waals surface area contributed by atoms with E-state index < -0.39 is 0 Å². The lowest BCUT2D eigenvalue weighted by Crippen LogP contribution is -2.30.